The van der Waals surface area contributed by atoms with Crippen molar-refractivity contribution in [1.82, 2.24) is 10.2 Å². The van der Waals surface area contributed by atoms with Crippen molar-refractivity contribution in [2.75, 3.05) is 26.2 Å². The molecule has 1 aliphatic heterocycles. The molecule has 1 aromatic rings. The van der Waals surface area contributed by atoms with Gasteiger partial charge in [-0.25, -0.2) is 0 Å². The Labute approximate surface area is 127 Å². The number of likely N-dealkylation sites (tertiary alicyclic amines) is 1. The third kappa shape index (κ3) is 4.29. The maximum absolute atomic E-state index is 12.0. The highest BCUT2D eigenvalue weighted by Gasteiger charge is 2.24. The minimum Gasteiger partial charge on any atom is -0.354 e. The summed E-state index contributed by atoms with van der Waals surface area (Å²) >= 11 is 0. The molecule has 2 rings (SSSR count). The van der Waals surface area contributed by atoms with Gasteiger partial charge in [-0.05, 0) is 38.4 Å². The van der Waals surface area contributed by atoms with Gasteiger partial charge < -0.3 is 11.1 Å². The smallest absolute Gasteiger partial charge is 0.224 e. The Bertz CT molecular complexity index is 452. The molecule has 4 heteroatoms. The number of hydrogen-bond acceptors (Lipinski definition) is 3. The van der Waals surface area contributed by atoms with E-state index in [0.717, 1.165) is 13.1 Å². The molecule has 4 nitrogen and oxygen atoms in total. The molecule has 116 valence electrons. The maximum atomic E-state index is 12.0. The molecule has 1 heterocycles. The maximum Gasteiger partial charge on any atom is 0.224 e. The van der Waals surface area contributed by atoms with E-state index in [2.05, 4.69) is 41.4 Å². The average Bonchev–Trinajstić information content (AvgIpc) is 3.02. The van der Waals surface area contributed by atoms with E-state index in [1.54, 1.807) is 0 Å². The van der Waals surface area contributed by atoms with Gasteiger partial charge in [0.25, 0.3) is 0 Å². The second-order valence-corrected chi connectivity index (χ2v) is 6.05. The molecule has 0 aromatic heterocycles. The lowest BCUT2D eigenvalue weighted by Gasteiger charge is -2.28. The number of nitrogens with two attached hydrogens (primary N) is 1. The van der Waals surface area contributed by atoms with E-state index in [-0.39, 0.29) is 17.9 Å². The van der Waals surface area contributed by atoms with Gasteiger partial charge in [-0.15, -0.1) is 0 Å². The largest absolute Gasteiger partial charge is 0.354 e. The van der Waals surface area contributed by atoms with Crippen molar-refractivity contribution in [3.63, 3.8) is 0 Å². The fourth-order valence-corrected chi connectivity index (χ4v) is 2.78. The van der Waals surface area contributed by atoms with Crippen LogP contribution < -0.4 is 11.1 Å². The Hall–Kier alpha value is -1.39. The van der Waals surface area contributed by atoms with Crippen LogP contribution in [0.2, 0.25) is 0 Å². The first-order chi connectivity index (χ1) is 10.1. The summed E-state index contributed by atoms with van der Waals surface area (Å²) in [5.41, 5.74) is 8.10. The van der Waals surface area contributed by atoms with Crippen LogP contribution in [0.15, 0.2) is 24.3 Å². The zero-order valence-corrected chi connectivity index (χ0v) is 13.1. The van der Waals surface area contributed by atoms with E-state index >= 15 is 0 Å². The molecule has 0 aliphatic carbocycles. The molecule has 21 heavy (non-hydrogen) atoms. The van der Waals surface area contributed by atoms with E-state index in [4.69, 9.17) is 5.73 Å². The number of aryl methyl sites for hydroxylation is 1. The molecule has 1 saturated heterocycles. The monoisotopic (exact) mass is 289 g/mol. The predicted molar refractivity (Wildman–Crippen MR) is 86.0 cm³/mol. The lowest BCUT2D eigenvalue weighted by Crippen LogP contribution is -2.40. The molecule has 0 radical (unpaired) electrons. The molecule has 1 aromatic carbocycles. The third-order valence-corrected chi connectivity index (χ3v) is 4.31. The number of nitrogens with zero attached hydrogens (tertiary/aromatic N) is 1. The number of carbonyl (C=O) groups is 1. The Kier molecular flexibility index (Phi) is 5.76. The molecule has 0 bridgehead atoms. The lowest BCUT2D eigenvalue weighted by atomic mass is 10.0. The van der Waals surface area contributed by atoms with Crippen LogP contribution in [0.25, 0.3) is 0 Å². The molecule has 3 N–H and O–H groups in total. The summed E-state index contributed by atoms with van der Waals surface area (Å²) in [6, 6.07) is 8.90. The highest BCUT2D eigenvalue weighted by atomic mass is 16.1. The zero-order valence-electron chi connectivity index (χ0n) is 13.1. The van der Waals surface area contributed by atoms with Crippen molar-refractivity contribution in [3.05, 3.63) is 35.4 Å². The zero-order chi connectivity index (χ0) is 15.2. The highest BCUT2D eigenvalue weighted by molar-refractivity contribution is 5.78. The first kappa shape index (κ1) is 16.0. The number of benzene rings is 1. The van der Waals surface area contributed by atoms with Gasteiger partial charge in [-0.3, -0.25) is 9.69 Å². The minimum absolute atomic E-state index is 0.0498. The number of hydrogen-bond donors (Lipinski definition) is 2. The van der Waals surface area contributed by atoms with Gasteiger partial charge in [0, 0.05) is 19.0 Å². The number of amides is 1. The molecule has 0 saturated carbocycles. The van der Waals surface area contributed by atoms with Crippen molar-refractivity contribution in [3.8, 4) is 0 Å². The molecular weight excluding hydrogens is 262 g/mol. The number of carbonyl (C=O) groups excluding carboxylic acids is 1. The van der Waals surface area contributed by atoms with Crippen LogP contribution in [0.4, 0.5) is 0 Å². The van der Waals surface area contributed by atoms with Crippen LogP contribution in [0, 0.1) is 12.8 Å². The van der Waals surface area contributed by atoms with Crippen molar-refractivity contribution in [1.29, 1.82) is 0 Å². The van der Waals surface area contributed by atoms with Crippen molar-refractivity contribution >= 4 is 5.91 Å². The van der Waals surface area contributed by atoms with Crippen LogP contribution in [0.3, 0.4) is 0 Å². The second kappa shape index (κ2) is 7.57. The van der Waals surface area contributed by atoms with Gasteiger partial charge in [0.15, 0.2) is 0 Å². The van der Waals surface area contributed by atoms with Gasteiger partial charge in [-0.2, -0.15) is 0 Å². The summed E-state index contributed by atoms with van der Waals surface area (Å²) in [4.78, 5) is 14.4. The lowest BCUT2D eigenvalue weighted by molar-refractivity contribution is -0.124. The molecule has 1 fully saturated rings. The van der Waals surface area contributed by atoms with E-state index < -0.39 is 0 Å². The van der Waals surface area contributed by atoms with Crippen molar-refractivity contribution in [2.24, 2.45) is 11.7 Å². The van der Waals surface area contributed by atoms with E-state index in [0.29, 0.717) is 13.1 Å². The molecule has 0 spiro atoms. The van der Waals surface area contributed by atoms with Gasteiger partial charge in [0.2, 0.25) is 5.91 Å². The third-order valence-electron chi connectivity index (χ3n) is 4.31. The first-order valence-corrected chi connectivity index (χ1v) is 7.90. The summed E-state index contributed by atoms with van der Waals surface area (Å²) in [5.74, 6) is -0.0731. The summed E-state index contributed by atoms with van der Waals surface area (Å²) in [7, 11) is 0. The number of nitrogens with one attached hydrogen (secondary N) is 1. The Morgan fingerprint density at radius 3 is 2.48 bits per heavy atom. The van der Waals surface area contributed by atoms with Crippen molar-refractivity contribution in [2.45, 2.75) is 32.7 Å². The summed E-state index contributed by atoms with van der Waals surface area (Å²) in [6.07, 6.45) is 2.49. The van der Waals surface area contributed by atoms with Gasteiger partial charge in [0.05, 0.1) is 6.04 Å². The molecule has 1 amide bonds. The fourth-order valence-electron chi connectivity index (χ4n) is 2.78. The van der Waals surface area contributed by atoms with E-state index in [1.165, 1.54) is 24.0 Å². The van der Waals surface area contributed by atoms with Crippen LogP contribution in [-0.4, -0.2) is 37.0 Å². The molecular formula is C17H27N3O. The SMILES string of the molecule is Cc1ccc(C(CNC(=O)C(C)CN)N2CCCC2)cc1. The van der Waals surface area contributed by atoms with Crippen LogP contribution in [0.5, 0.6) is 0 Å². The van der Waals surface area contributed by atoms with Gasteiger partial charge in [-0.1, -0.05) is 36.8 Å². The first-order valence-electron chi connectivity index (χ1n) is 7.90. The highest BCUT2D eigenvalue weighted by Crippen LogP contribution is 2.24. The quantitative estimate of drug-likeness (QED) is 0.840. The molecule has 2 unspecified atom stereocenters. The Morgan fingerprint density at radius 1 is 1.29 bits per heavy atom. The fraction of sp³-hybridized carbons (Fsp3) is 0.588. The normalized spacial score (nSPS) is 18.4. The summed E-state index contributed by atoms with van der Waals surface area (Å²) in [5, 5.41) is 3.06. The van der Waals surface area contributed by atoms with Gasteiger partial charge >= 0.3 is 0 Å². The predicted octanol–water partition coefficient (Wildman–Crippen LogP) is 1.84. The van der Waals surface area contributed by atoms with E-state index in [1.807, 2.05) is 6.92 Å². The molecule has 1 aliphatic rings. The molecule has 2 atom stereocenters. The summed E-state index contributed by atoms with van der Waals surface area (Å²) in [6.45, 7) is 7.24. The van der Waals surface area contributed by atoms with E-state index in [9.17, 15) is 4.79 Å². The summed E-state index contributed by atoms with van der Waals surface area (Å²) < 4.78 is 0. The number of rotatable bonds is 6. The van der Waals surface area contributed by atoms with Crippen LogP contribution in [-0.2, 0) is 4.79 Å². The second-order valence-electron chi connectivity index (χ2n) is 6.05. The Balaban J connectivity index is 2.05. The average molecular weight is 289 g/mol. The van der Waals surface area contributed by atoms with Crippen LogP contribution in [0.1, 0.15) is 36.9 Å². The topological polar surface area (TPSA) is 58.4 Å². The Morgan fingerprint density at radius 2 is 1.90 bits per heavy atom. The minimum atomic E-state index is -0.123. The van der Waals surface area contributed by atoms with Crippen molar-refractivity contribution < 1.29 is 4.79 Å². The van der Waals surface area contributed by atoms with Gasteiger partial charge in [0.1, 0.15) is 0 Å². The van der Waals surface area contributed by atoms with Crippen LogP contribution >= 0.6 is 0 Å². The standard InChI is InChI=1S/C17H27N3O/c1-13-5-7-15(8-6-13)16(20-9-3-4-10-20)12-19-17(21)14(2)11-18/h5-8,14,16H,3-4,9-12,18H2,1-2H3,(H,19,21).